The van der Waals surface area contributed by atoms with Crippen molar-refractivity contribution in [1.29, 1.82) is 0 Å². The van der Waals surface area contributed by atoms with Crippen molar-refractivity contribution in [3.8, 4) is 11.5 Å². The number of rotatable bonds is 6. The number of phenols is 2. The Morgan fingerprint density at radius 2 is 0.822 bits per heavy atom. The zero-order valence-electron chi connectivity index (χ0n) is 23.6. The van der Waals surface area contributed by atoms with Crippen LogP contribution < -0.4 is 10.2 Å². The Bertz CT molecular complexity index is 1900. The van der Waals surface area contributed by atoms with Crippen molar-refractivity contribution in [3.63, 3.8) is 0 Å². The molecule has 45 heavy (non-hydrogen) atoms. The van der Waals surface area contributed by atoms with E-state index >= 15 is 0 Å². The van der Waals surface area contributed by atoms with Crippen LogP contribution in [0, 0.1) is 0 Å². The van der Waals surface area contributed by atoms with Crippen molar-refractivity contribution < 1.29 is 30.0 Å². The Balaban J connectivity index is 0.000000200. The average molecular weight is 623 g/mol. The van der Waals surface area contributed by atoms with E-state index in [1.807, 2.05) is 36.4 Å². The van der Waals surface area contributed by atoms with Crippen molar-refractivity contribution in [3.05, 3.63) is 132 Å². The van der Waals surface area contributed by atoms with Crippen LogP contribution in [0.1, 0.15) is 20.7 Å². The molecule has 6 aromatic carbocycles. The Morgan fingerprint density at radius 3 is 1.18 bits per heavy atom. The largest absolute Gasteiger partial charge is 2.00 e. The number of aromatic carboxylic acids is 2. The van der Waals surface area contributed by atoms with Gasteiger partial charge in [-0.2, -0.15) is 10.2 Å². The number of hydrogen-bond acceptors (Lipinski definition) is 10. The molecule has 0 unspecified atom stereocenters. The molecule has 0 bridgehead atoms. The molecular formula is C34H22CaN4O6. The fourth-order valence-corrected chi connectivity index (χ4v) is 4.35. The molecule has 0 aliphatic heterocycles. The van der Waals surface area contributed by atoms with Crippen LogP contribution in [0.25, 0.3) is 21.5 Å². The summed E-state index contributed by atoms with van der Waals surface area (Å²) >= 11 is 0. The third kappa shape index (κ3) is 7.68. The summed E-state index contributed by atoms with van der Waals surface area (Å²) < 4.78 is 0. The van der Waals surface area contributed by atoms with Gasteiger partial charge in [0.1, 0.15) is 11.4 Å². The van der Waals surface area contributed by atoms with Crippen molar-refractivity contribution >= 4 is 94.0 Å². The Kier molecular flexibility index (Phi) is 10.9. The van der Waals surface area contributed by atoms with Gasteiger partial charge in [-0.15, -0.1) is 10.2 Å². The predicted molar refractivity (Wildman–Crippen MR) is 167 cm³/mol. The quantitative estimate of drug-likeness (QED) is 0.164. The molecule has 6 rings (SSSR count). The molecule has 0 radical (unpaired) electrons. The van der Waals surface area contributed by atoms with Gasteiger partial charge < -0.3 is 30.0 Å². The van der Waals surface area contributed by atoms with Crippen LogP contribution in [0.2, 0.25) is 0 Å². The third-order valence-corrected chi connectivity index (χ3v) is 6.47. The van der Waals surface area contributed by atoms with Gasteiger partial charge in [-0.05, 0) is 47.2 Å². The molecule has 0 spiro atoms. The van der Waals surface area contributed by atoms with Gasteiger partial charge in [0.25, 0.3) is 0 Å². The number of carbonyl (C=O) groups excluding carboxylic acids is 2. The summed E-state index contributed by atoms with van der Waals surface area (Å²) in [5, 5.41) is 61.3. The number of carboxylic acid groups (broad SMARTS) is 2. The topological polar surface area (TPSA) is 170 Å². The van der Waals surface area contributed by atoms with Crippen LogP contribution >= 0.6 is 0 Å². The van der Waals surface area contributed by atoms with E-state index in [1.54, 1.807) is 72.8 Å². The van der Waals surface area contributed by atoms with Crippen LogP contribution in [0.15, 0.2) is 142 Å². The minimum Gasteiger partial charge on any atom is -0.545 e. The molecule has 0 atom stereocenters. The molecule has 0 aliphatic carbocycles. The normalized spacial score (nSPS) is 10.8. The molecule has 0 amide bonds. The Morgan fingerprint density at radius 1 is 0.489 bits per heavy atom. The summed E-state index contributed by atoms with van der Waals surface area (Å²) in [7, 11) is 0. The van der Waals surface area contributed by atoms with Crippen molar-refractivity contribution in [2.75, 3.05) is 0 Å². The zero-order valence-corrected chi connectivity index (χ0v) is 25.8. The van der Waals surface area contributed by atoms with E-state index in [-0.39, 0.29) is 60.2 Å². The van der Waals surface area contributed by atoms with Crippen molar-refractivity contribution in [2.24, 2.45) is 20.5 Å². The Labute approximate surface area is 286 Å². The van der Waals surface area contributed by atoms with Crippen molar-refractivity contribution in [1.82, 2.24) is 0 Å². The molecule has 0 heterocycles. The van der Waals surface area contributed by atoms with E-state index in [2.05, 4.69) is 20.5 Å². The molecule has 2 N–H and O–H groups in total. The second-order valence-electron chi connectivity index (χ2n) is 9.33. The second-order valence-corrected chi connectivity index (χ2v) is 9.33. The van der Waals surface area contributed by atoms with Crippen LogP contribution in [0.5, 0.6) is 11.5 Å². The molecular weight excluding hydrogens is 600 g/mol. The number of carbonyl (C=O) groups is 2. The maximum atomic E-state index is 11.1. The molecule has 0 fully saturated rings. The van der Waals surface area contributed by atoms with Gasteiger partial charge in [-0.3, -0.25) is 0 Å². The van der Waals surface area contributed by atoms with Gasteiger partial charge in [0, 0.05) is 21.9 Å². The number of benzene rings is 6. The van der Waals surface area contributed by atoms with Gasteiger partial charge in [-0.25, -0.2) is 0 Å². The van der Waals surface area contributed by atoms with Crippen LogP contribution in [0.4, 0.5) is 22.7 Å². The number of aromatic hydroxyl groups is 2. The van der Waals surface area contributed by atoms with E-state index in [9.17, 15) is 30.0 Å². The average Bonchev–Trinajstić information content (AvgIpc) is 3.04. The van der Waals surface area contributed by atoms with E-state index in [0.717, 1.165) is 0 Å². The predicted octanol–water partition coefficient (Wildman–Crippen LogP) is 6.27. The van der Waals surface area contributed by atoms with Crippen LogP contribution in [0.3, 0.4) is 0 Å². The molecule has 0 saturated heterocycles. The first-order chi connectivity index (χ1) is 21.3. The second kappa shape index (κ2) is 15.0. The maximum absolute atomic E-state index is 11.1. The number of azo groups is 2. The molecule has 10 nitrogen and oxygen atoms in total. The fraction of sp³-hybridized carbons (Fsp3) is 0. The van der Waals surface area contributed by atoms with Gasteiger partial charge in [-0.1, -0.05) is 84.9 Å². The number of fused-ring (bicyclic) bond motifs is 2. The first kappa shape index (κ1) is 32.7. The third-order valence-electron chi connectivity index (χ3n) is 6.47. The summed E-state index contributed by atoms with van der Waals surface area (Å²) in [6.45, 7) is 0. The van der Waals surface area contributed by atoms with Gasteiger partial charge >= 0.3 is 37.7 Å². The van der Waals surface area contributed by atoms with E-state index in [0.29, 0.717) is 32.9 Å². The molecule has 6 aromatic rings. The van der Waals surface area contributed by atoms with Gasteiger partial charge in [0.15, 0.2) is 11.5 Å². The van der Waals surface area contributed by atoms with Crippen LogP contribution in [-0.2, 0) is 0 Å². The van der Waals surface area contributed by atoms with E-state index in [4.69, 9.17) is 0 Å². The summed E-state index contributed by atoms with van der Waals surface area (Å²) in [4.78, 5) is 22.3. The first-order valence-electron chi connectivity index (χ1n) is 13.2. The summed E-state index contributed by atoms with van der Waals surface area (Å²) in [5.74, 6) is -3.81. The van der Waals surface area contributed by atoms with Crippen molar-refractivity contribution in [2.45, 2.75) is 0 Å². The Hall–Kier alpha value is -5.16. The standard InChI is InChI=1S/2C17H12N2O3.Ca/c2*20-16-14(17(21)22)10-11-6-4-5-9-13(11)15(16)19-18-12-7-2-1-3-8-12;/h2*1-10,20H,(H,21,22);/q;;+2/p-2/b2*19-18+;. The maximum Gasteiger partial charge on any atom is 2.00 e. The molecule has 0 aliphatic rings. The number of nitrogens with zero attached hydrogens (tertiary/aromatic N) is 4. The van der Waals surface area contributed by atoms with Crippen LogP contribution in [-0.4, -0.2) is 59.9 Å². The van der Waals surface area contributed by atoms with Gasteiger partial charge in [0.2, 0.25) is 0 Å². The molecule has 216 valence electrons. The summed E-state index contributed by atoms with van der Waals surface area (Å²) in [6, 6.07) is 34.8. The molecule has 11 heteroatoms. The van der Waals surface area contributed by atoms with Gasteiger partial charge in [0.05, 0.1) is 23.3 Å². The number of carboxylic acids is 2. The summed E-state index contributed by atoms with van der Waals surface area (Å²) in [6.07, 6.45) is 0. The van der Waals surface area contributed by atoms with E-state index in [1.165, 1.54) is 12.1 Å². The zero-order chi connectivity index (χ0) is 31.1. The van der Waals surface area contributed by atoms with E-state index < -0.39 is 23.4 Å². The molecule has 0 saturated carbocycles. The molecule has 0 aromatic heterocycles. The fourth-order valence-electron chi connectivity index (χ4n) is 4.35. The monoisotopic (exact) mass is 622 g/mol. The smallest absolute Gasteiger partial charge is 0.545 e. The number of hydrogen-bond donors (Lipinski definition) is 2. The minimum absolute atomic E-state index is 0. The summed E-state index contributed by atoms with van der Waals surface area (Å²) in [5.41, 5.74) is 0.818. The first-order valence-corrected chi connectivity index (χ1v) is 13.2. The SMILES string of the molecule is O=C([O-])c1cc2ccccc2c(/N=N/c2ccccc2)c1O.O=C([O-])c1cc2ccccc2c(/N=N/c2ccccc2)c1O.[Ca+2]. The minimum atomic E-state index is -1.46.